The van der Waals surface area contributed by atoms with Crippen LogP contribution in [0.3, 0.4) is 0 Å². The van der Waals surface area contributed by atoms with E-state index >= 15 is 0 Å². The molecule has 1 heterocycles. The highest BCUT2D eigenvalue weighted by Crippen LogP contribution is 2.21. The lowest BCUT2D eigenvalue weighted by Gasteiger charge is -2.34. The number of benzene rings is 2. The van der Waals surface area contributed by atoms with Crippen molar-refractivity contribution >= 4 is 11.6 Å². The Morgan fingerprint density at radius 2 is 1.75 bits per heavy atom. The van der Waals surface area contributed by atoms with E-state index in [2.05, 4.69) is 34.2 Å². The normalized spacial score (nSPS) is 15.2. The Labute approximate surface area is 167 Å². The Morgan fingerprint density at radius 1 is 1.07 bits per heavy atom. The summed E-state index contributed by atoms with van der Waals surface area (Å²) in [5.74, 6) is 0.0598. The molecule has 0 spiro atoms. The van der Waals surface area contributed by atoms with Crippen LogP contribution in [-0.2, 0) is 17.8 Å². The second kappa shape index (κ2) is 9.50. The van der Waals surface area contributed by atoms with E-state index in [1.807, 2.05) is 43.3 Å². The third kappa shape index (κ3) is 5.19. The van der Waals surface area contributed by atoms with Crippen molar-refractivity contribution in [1.29, 1.82) is 5.26 Å². The van der Waals surface area contributed by atoms with Gasteiger partial charge in [0.15, 0.2) is 0 Å². The zero-order chi connectivity index (χ0) is 19.9. The number of rotatable bonds is 6. The second-order valence-electron chi connectivity index (χ2n) is 7.37. The van der Waals surface area contributed by atoms with Gasteiger partial charge in [-0.25, -0.2) is 0 Å². The number of para-hydroxylation sites is 1. The summed E-state index contributed by atoms with van der Waals surface area (Å²) >= 11 is 0. The first-order valence-corrected chi connectivity index (χ1v) is 9.91. The summed E-state index contributed by atoms with van der Waals surface area (Å²) < 4.78 is 0. The fourth-order valence-electron chi connectivity index (χ4n) is 3.63. The number of piperazine rings is 1. The van der Waals surface area contributed by atoms with Crippen LogP contribution in [0.25, 0.3) is 0 Å². The number of carbonyl (C=O) groups excluding carboxylic acids is 1. The lowest BCUT2D eigenvalue weighted by Crippen LogP contribution is -2.48. The number of nitriles is 1. The number of amides is 1. The fraction of sp³-hybridized carbons (Fsp3) is 0.391. The van der Waals surface area contributed by atoms with Gasteiger partial charge in [-0.2, -0.15) is 5.26 Å². The van der Waals surface area contributed by atoms with Gasteiger partial charge in [-0.3, -0.25) is 14.6 Å². The summed E-state index contributed by atoms with van der Waals surface area (Å²) in [6.45, 7) is 9.12. The molecule has 1 amide bonds. The highest BCUT2D eigenvalue weighted by molar-refractivity contribution is 5.93. The van der Waals surface area contributed by atoms with Crippen molar-refractivity contribution in [1.82, 2.24) is 9.80 Å². The van der Waals surface area contributed by atoms with Crippen molar-refractivity contribution in [2.24, 2.45) is 0 Å². The molecule has 0 aromatic heterocycles. The average Bonchev–Trinajstić information content (AvgIpc) is 2.71. The molecule has 1 N–H and O–H groups in total. The summed E-state index contributed by atoms with van der Waals surface area (Å²) in [5, 5.41) is 12.0. The van der Waals surface area contributed by atoms with Crippen molar-refractivity contribution in [3.63, 3.8) is 0 Å². The van der Waals surface area contributed by atoms with Crippen LogP contribution in [0.2, 0.25) is 0 Å². The summed E-state index contributed by atoms with van der Waals surface area (Å²) in [6, 6.07) is 16.1. The first kappa shape index (κ1) is 20.1. The maximum atomic E-state index is 12.5. The van der Waals surface area contributed by atoms with Crippen molar-refractivity contribution in [3.05, 3.63) is 64.7 Å². The third-order valence-electron chi connectivity index (χ3n) is 5.33. The van der Waals surface area contributed by atoms with Crippen LogP contribution in [0.5, 0.6) is 0 Å². The molecule has 146 valence electrons. The van der Waals surface area contributed by atoms with E-state index in [9.17, 15) is 4.79 Å². The predicted molar refractivity (Wildman–Crippen MR) is 112 cm³/mol. The number of hydrogen-bond acceptors (Lipinski definition) is 4. The molecule has 5 heteroatoms. The minimum Gasteiger partial charge on any atom is -0.324 e. The molecule has 0 saturated carbocycles. The van der Waals surface area contributed by atoms with E-state index in [1.165, 1.54) is 11.1 Å². The highest BCUT2D eigenvalue weighted by Gasteiger charge is 2.19. The Kier molecular flexibility index (Phi) is 6.80. The predicted octanol–water partition coefficient (Wildman–Crippen LogP) is 3.19. The molecule has 28 heavy (non-hydrogen) atoms. The lowest BCUT2D eigenvalue weighted by molar-refractivity contribution is -0.117. The molecule has 0 bridgehead atoms. The molecule has 0 radical (unpaired) electrons. The summed E-state index contributed by atoms with van der Waals surface area (Å²) in [4.78, 5) is 17.2. The Morgan fingerprint density at radius 3 is 2.39 bits per heavy atom. The van der Waals surface area contributed by atoms with E-state index in [1.54, 1.807) is 0 Å². The molecule has 2 aromatic rings. The van der Waals surface area contributed by atoms with Gasteiger partial charge < -0.3 is 5.32 Å². The van der Waals surface area contributed by atoms with Gasteiger partial charge in [-0.05, 0) is 42.2 Å². The van der Waals surface area contributed by atoms with Crippen molar-refractivity contribution in [2.45, 2.75) is 26.8 Å². The molecule has 1 fully saturated rings. The number of nitrogens with zero attached hydrogens (tertiary/aromatic N) is 3. The quantitative estimate of drug-likeness (QED) is 0.841. The first-order valence-electron chi connectivity index (χ1n) is 9.91. The van der Waals surface area contributed by atoms with Crippen LogP contribution in [0.4, 0.5) is 5.69 Å². The fourth-order valence-corrected chi connectivity index (χ4v) is 3.63. The number of carbonyl (C=O) groups is 1. The molecule has 5 nitrogen and oxygen atoms in total. The Balaban J connectivity index is 1.47. The summed E-state index contributed by atoms with van der Waals surface area (Å²) in [7, 11) is 0. The molecule has 1 aliphatic rings. The zero-order valence-corrected chi connectivity index (χ0v) is 16.7. The van der Waals surface area contributed by atoms with E-state index in [4.69, 9.17) is 5.26 Å². The number of anilines is 1. The molecular weight excluding hydrogens is 348 g/mol. The molecular formula is C23H28N4O. The number of nitrogens with one attached hydrogen (secondary N) is 1. The summed E-state index contributed by atoms with van der Waals surface area (Å²) in [5.41, 5.74) is 5.17. The summed E-state index contributed by atoms with van der Waals surface area (Å²) in [6.07, 6.45) is 0.908. The lowest BCUT2D eigenvalue weighted by atomic mass is 10.1. The number of hydrogen-bond donors (Lipinski definition) is 1. The van der Waals surface area contributed by atoms with Gasteiger partial charge in [-0.1, -0.05) is 37.3 Å². The van der Waals surface area contributed by atoms with Crippen LogP contribution in [0.15, 0.2) is 42.5 Å². The Hall–Kier alpha value is -2.68. The maximum Gasteiger partial charge on any atom is 0.238 e. The molecule has 0 unspecified atom stereocenters. The van der Waals surface area contributed by atoms with Gasteiger partial charge in [0.25, 0.3) is 0 Å². The van der Waals surface area contributed by atoms with Gasteiger partial charge in [0.2, 0.25) is 5.91 Å². The first-order chi connectivity index (χ1) is 13.6. The van der Waals surface area contributed by atoms with Crippen LogP contribution in [-0.4, -0.2) is 48.4 Å². The van der Waals surface area contributed by atoms with Gasteiger partial charge in [-0.15, -0.1) is 0 Å². The average molecular weight is 377 g/mol. The van der Waals surface area contributed by atoms with Gasteiger partial charge >= 0.3 is 0 Å². The van der Waals surface area contributed by atoms with E-state index in [-0.39, 0.29) is 5.91 Å². The SMILES string of the molecule is CCc1cccc(C)c1NC(=O)CN1CCN(Cc2ccc(C#N)cc2)CC1. The van der Waals surface area contributed by atoms with Gasteiger partial charge in [0.1, 0.15) is 0 Å². The zero-order valence-electron chi connectivity index (χ0n) is 16.7. The van der Waals surface area contributed by atoms with E-state index < -0.39 is 0 Å². The second-order valence-corrected chi connectivity index (χ2v) is 7.37. The van der Waals surface area contributed by atoms with Crippen LogP contribution in [0.1, 0.15) is 29.2 Å². The highest BCUT2D eigenvalue weighted by atomic mass is 16.2. The number of aryl methyl sites for hydroxylation is 2. The molecule has 0 atom stereocenters. The smallest absolute Gasteiger partial charge is 0.238 e. The van der Waals surface area contributed by atoms with Crippen molar-refractivity contribution in [3.8, 4) is 6.07 Å². The maximum absolute atomic E-state index is 12.5. The van der Waals surface area contributed by atoms with Crippen molar-refractivity contribution < 1.29 is 4.79 Å². The van der Waals surface area contributed by atoms with Crippen LogP contribution >= 0.6 is 0 Å². The largest absolute Gasteiger partial charge is 0.324 e. The van der Waals surface area contributed by atoms with Crippen LogP contribution < -0.4 is 5.32 Å². The van der Waals surface area contributed by atoms with Crippen molar-refractivity contribution in [2.75, 3.05) is 38.0 Å². The molecule has 1 aliphatic heterocycles. The van der Waals surface area contributed by atoms with Crippen LogP contribution in [0, 0.1) is 18.3 Å². The minimum atomic E-state index is 0.0598. The van der Waals surface area contributed by atoms with E-state index in [0.717, 1.165) is 50.4 Å². The molecule has 0 aliphatic carbocycles. The molecule has 3 rings (SSSR count). The Bertz CT molecular complexity index is 846. The molecule has 2 aromatic carbocycles. The van der Waals surface area contributed by atoms with Gasteiger partial charge in [0.05, 0.1) is 18.2 Å². The van der Waals surface area contributed by atoms with Gasteiger partial charge in [0, 0.05) is 38.4 Å². The standard InChI is InChI=1S/C23H28N4O/c1-3-21-6-4-5-18(2)23(21)25-22(28)17-27-13-11-26(12-14-27)16-20-9-7-19(15-24)8-10-20/h4-10H,3,11-14,16-17H2,1-2H3,(H,25,28). The molecule has 1 saturated heterocycles. The van der Waals surface area contributed by atoms with E-state index in [0.29, 0.717) is 12.1 Å². The minimum absolute atomic E-state index is 0.0598. The third-order valence-corrected chi connectivity index (χ3v) is 5.33. The topological polar surface area (TPSA) is 59.4 Å². The monoisotopic (exact) mass is 376 g/mol.